The molecule has 1 aromatic rings. The molecule has 66 valence electrons. The van der Waals surface area contributed by atoms with Crippen LogP contribution < -0.4 is 11.1 Å². The number of nitrogens with zero attached hydrogens (tertiary/aromatic N) is 1. The summed E-state index contributed by atoms with van der Waals surface area (Å²) in [5, 5.41) is 3.44. The fraction of sp³-hybridized carbons (Fsp3) is 0.625. The van der Waals surface area contributed by atoms with Crippen LogP contribution in [0.25, 0.3) is 0 Å². The Bertz CT molecular complexity index is 228. The molecule has 4 heteroatoms. The molecule has 1 fully saturated rings. The molecule has 1 aliphatic carbocycles. The predicted molar refractivity (Wildman–Crippen MR) is 50.0 cm³/mol. The van der Waals surface area contributed by atoms with Crippen molar-refractivity contribution in [2.75, 3.05) is 0 Å². The highest BCUT2D eigenvalue weighted by Crippen LogP contribution is 2.18. The minimum absolute atomic E-state index is 0.434. The Balaban J connectivity index is 1.70. The van der Waals surface area contributed by atoms with Crippen LogP contribution in [-0.4, -0.2) is 17.1 Å². The summed E-state index contributed by atoms with van der Waals surface area (Å²) >= 11 is 1.70. The first-order valence-electron chi connectivity index (χ1n) is 4.21. The number of nitrogens with two attached hydrogens (primary N) is 1. The lowest BCUT2D eigenvalue weighted by Crippen LogP contribution is -2.47. The molecule has 0 unspecified atom stereocenters. The van der Waals surface area contributed by atoms with Gasteiger partial charge in [-0.25, -0.2) is 0 Å². The maximum atomic E-state index is 5.67. The van der Waals surface area contributed by atoms with Gasteiger partial charge in [0, 0.05) is 29.7 Å². The van der Waals surface area contributed by atoms with Crippen molar-refractivity contribution in [2.24, 2.45) is 5.73 Å². The lowest BCUT2D eigenvalue weighted by molar-refractivity contribution is 0.291. The van der Waals surface area contributed by atoms with Gasteiger partial charge in [-0.15, -0.1) is 11.3 Å². The second kappa shape index (κ2) is 3.51. The van der Waals surface area contributed by atoms with Crippen molar-refractivity contribution >= 4 is 11.3 Å². The number of rotatable bonds is 3. The number of hydrogen-bond donors (Lipinski definition) is 2. The highest BCUT2D eigenvalue weighted by Gasteiger charge is 2.24. The number of hydrogen-bond acceptors (Lipinski definition) is 4. The number of aromatic nitrogens is 1. The molecule has 3 N–H and O–H groups in total. The summed E-state index contributed by atoms with van der Waals surface area (Å²) in [6, 6.07) is 1.08. The predicted octanol–water partition coefficient (Wildman–Crippen LogP) is 0.722. The van der Waals surface area contributed by atoms with Crippen LogP contribution in [0.2, 0.25) is 0 Å². The molecule has 1 aliphatic rings. The van der Waals surface area contributed by atoms with E-state index in [4.69, 9.17) is 5.73 Å². The third-order valence-corrected chi connectivity index (χ3v) is 3.00. The first-order valence-corrected chi connectivity index (χ1v) is 5.09. The summed E-state index contributed by atoms with van der Waals surface area (Å²) in [4.78, 5) is 5.31. The van der Waals surface area contributed by atoms with E-state index >= 15 is 0 Å². The molecule has 1 heterocycles. The Kier molecular flexibility index (Phi) is 2.39. The smallest absolute Gasteiger partial charge is 0.0794 e. The van der Waals surface area contributed by atoms with E-state index in [1.54, 1.807) is 11.3 Å². The molecule has 0 saturated heterocycles. The van der Waals surface area contributed by atoms with Crippen LogP contribution in [0.15, 0.2) is 11.7 Å². The van der Waals surface area contributed by atoms with E-state index in [0.717, 1.165) is 19.4 Å². The van der Waals surface area contributed by atoms with E-state index in [1.165, 1.54) is 4.88 Å². The highest BCUT2D eigenvalue weighted by atomic mass is 32.1. The average Bonchev–Trinajstić information content (AvgIpc) is 2.47. The maximum absolute atomic E-state index is 5.67. The minimum Gasteiger partial charge on any atom is -0.328 e. The quantitative estimate of drug-likeness (QED) is 0.726. The molecule has 0 amide bonds. The van der Waals surface area contributed by atoms with Crippen LogP contribution in [-0.2, 0) is 6.54 Å². The average molecular weight is 183 g/mol. The van der Waals surface area contributed by atoms with E-state index in [9.17, 15) is 0 Å². The largest absolute Gasteiger partial charge is 0.328 e. The van der Waals surface area contributed by atoms with Crippen molar-refractivity contribution in [1.29, 1.82) is 0 Å². The highest BCUT2D eigenvalue weighted by molar-refractivity contribution is 7.09. The molecule has 0 bridgehead atoms. The first kappa shape index (κ1) is 8.16. The summed E-state index contributed by atoms with van der Waals surface area (Å²) < 4.78 is 0. The minimum atomic E-state index is 0.434. The van der Waals surface area contributed by atoms with Crippen molar-refractivity contribution in [2.45, 2.75) is 31.5 Å². The zero-order valence-electron chi connectivity index (χ0n) is 6.86. The van der Waals surface area contributed by atoms with Crippen molar-refractivity contribution in [1.82, 2.24) is 10.3 Å². The molecule has 0 aliphatic heterocycles. The van der Waals surface area contributed by atoms with Crippen LogP contribution in [0.4, 0.5) is 0 Å². The van der Waals surface area contributed by atoms with Gasteiger partial charge < -0.3 is 11.1 Å². The molecule has 12 heavy (non-hydrogen) atoms. The lowest BCUT2D eigenvalue weighted by atomic mass is 9.88. The van der Waals surface area contributed by atoms with Crippen LogP contribution >= 0.6 is 11.3 Å². The molecule has 0 radical (unpaired) electrons. The Morgan fingerprint density at radius 2 is 2.50 bits per heavy atom. The van der Waals surface area contributed by atoms with Crippen LogP contribution in [0, 0.1) is 0 Å². The van der Waals surface area contributed by atoms with Gasteiger partial charge in [0.15, 0.2) is 0 Å². The Labute approximate surface area is 76.0 Å². The van der Waals surface area contributed by atoms with Crippen LogP contribution in [0.3, 0.4) is 0 Å². The molecule has 1 aromatic heterocycles. The van der Waals surface area contributed by atoms with Crippen LogP contribution in [0.5, 0.6) is 0 Å². The zero-order valence-corrected chi connectivity index (χ0v) is 7.68. The van der Waals surface area contributed by atoms with Crippen molar-refractivity contribution in [3.63, 3.8) is 0 Å². The summed E-state index contributed by atoms with van der Waals surface area (Å²) in [5.74, 6) is 0. The van der Waals surface area contributed by atoms with Gasteiger partial charge in [-0.2, -0.15) is 0 Å². The van der Waals surface area contributed by atoms with E-state index in [0.29, 0.717) is 12.1 Å². The van der Waals surface area contributed by atoms with Gasteiger partial charge >= 0.3 is 0 Å². The van der Waals surface area contributed by atoms with E-state index in [1.807, 2.05) is 11.7 Å². The van der Waals surface area contributed by atoms with E-state index in [2.05, 4.69) is 10.3 Å². The molecule has 1 saturated carbocycles. The molecule has 2 rings (SSSR count). The molecular formula is C8H13N3S. The fourth-order valence-corrected chi connectivity index (χ4v) is 1.95. The normalized spacial score (nSPS) is 28.4. The first-order chi connectivity index (χ1) is 5.84. The third-order valence-electron chi connectivity index (χ3n) is 2.22. The van der Waals surface area contributed by atoms with E-state index < -0.39 is 0 Å². The van der Waals surface area contributed by atoms with Crippen molar-refractivity contribution in [3.8, 4) is 0 Å². The third kappa shape index (κ3) is 1.83. The second-order valence-electron chi connectivity index (χ2n) is 3.28. The fourth-order valence-electron chi connectivity index (χ4n) is 1.40. The molecule has 0 aromatic carbocycles. The summed E-state index contributed by atoms with van der Waals surface area (Å²) in [6.45, 7) is 0.946. The summed E-state index contributed by atoms with van der Waals surface area (Å²) in [6.07, 6.45) is 4.16. The van der Waals surface area contributed by atoms with E-state index in [-0.39, 0.29) is 0 Å². The lowest BCUT2D eigenvalue weighted by Gasteiger charge is -2.33. The van der Waals surface area contributed by atoms with Crippen LogP contribution in [0.1, 0.15) is 17.7 Å². The standard InChI is InChI=1S/C8H13N3S/c9-6-1-7(2-6)11-4-8-3-10-5-12-8/h3,5-7,11H,1-2,4,9H2. The summed E-state index contributed by atoms with van der Waals surface area (Å²) in [7, 11) is 0. The topological polar surface area (TPSA) is 50.9 Å². The van der Waals surface area contributed by atoms with Crippen molar-refractivity contribution < 1.29 is 0 Å². The zero-order chi connectivity index (χ0) is 8.39. The molecule has 0 spiro atoms. The van der Waals surface area contributed by atoms with Gasteiger partial charge in [-0.05, 0) is 12.8 Å². The van der Waals surface area contributed by atoms with Gasteiger partial charge in [0.05, 0.1) is 5.51 Å². The van der Waals surface area contributed by atoms with Gasteiger partial charge in [0.25, 0.3) is 0 Å². The maximum Gasteiger partial charge on any atom is 0.0794 e. The monoisotopic (exact) mass is 183 g/mol. The Hall–Kier alpha value is -0.450. The molecule has 3 nitrogen and oxygen atoms in total. The number of nitrogens with one attached hydrogen (secondary N) is 1. The summed E-state index contributed by atoms with van der Waals surface area (Å²) in [5.41, 5.74) is 7.53. The Morgan fingerprint density at radius 3 is 3.08 bits per heavy atom. The number of thiazole rings is 1. The Morgan fingerprint density at radius 1 is 1.67 bits per heavy atom. The van der Waals surface area contributed by atoms with Gasteiger partial charge in [0.1, 0.15) is 0 Å². The SMILES string of the molecule is NC1CC(NCc2cncs2)C1. The molecular weight excluding hydrogens is 170 g/mol. The van der Waals surface area contributed by atoms with Gasteiger partial charge in [-0.3, -0.25) is 4.98 Å². The van der Waals surface area contributed by atoms with Gasteiger partial charge in [0.2, 0.25) is 0 Å². The van der Waals surface area contributed by atoms with Gasteiger partial charge in [-0.1, -0.05) is 0 Å². The molecule has 0 atom stereocenters. The second-order valence-corrected chi connectivity index (χ2v) is 4.25. The van der Waals surface area contributed by atoms with Crippen molar-refractivity contribution in [3.05, 3.63) is 16.6 Å².